The van der Waals surface area contributed by atoms with Crippen LogP contribution in [0.4, 0.5) is 9.52 Å². The molecule has 0 fully saturated rings. The zero-order valence-corrected chi connectivity index (χ0v) is 12.6. The average molecular weight is 303 g/mol. The second-order valence-corrected chi connectivity index (χ2v) is 6.30. The highest BCUT2D eigenvalue weighted by Gasteiger charge is 2.16. The van der Waals surface area contributed by atoms with Gasteiger partial charge in [-0.25, -0.2) is 9.37 Å². The molecule has 1 aromatic heterocycles. The number of thiazole rings is 1. The van der Waals surface area contributed by atoms with E-state index in [1.54, 1.807) is 23.5 Å². The molecule has 2 heterocycles. The molecule has 3 rings (SSSR count). The minimum absolute atomic E-state index is 0.194. The highest BCUT2D eigenvalue weighted by molar-refractivity contribution is 7.15. The number of benzene rings is 1. The topological polar surface area (TPSA) is 42.1 Å². The van der Waals surface area contributed by atoms with Crippen LogP contribution in [0.2, 0.25) is 0 Å². The van der Waals surface area contributed by atoms with Gasteiger partial charge in [-0.15, -0.1) is 11.3 Å². The Kier molecular flexibility index (Phi) is 4.31. The van der Waals surface area contributed by atoms with Crippen LogP contribution in [-0.2, 0) is 12.8 Å². The van der Waals surface area contributed by atoms with E-state index in [2.05, 4.69) is 16.0 Å². The Balaban J connectivity index is 1.56. The minimum Gasteiger partial charge on any atom is -0.375 e. The summed E-state index contributed by atoms with van der Waals surface area (Å²) in [7, 11) is 0. The largest absolute Gasteiger partial charge is 0.375 e. The zero-order chi connectivity index (χ0) is 14.7. The fourth-order valence-electron chi connectivity index (χ4n) is 2.56. The first-order valence-corrected chi connectivity index (χ1v) is 7.91. The standard InChI is InChI=1S/C16H18FN3S/c17-13-5-1-3-12(11-13)4-2-8-20-9-6-14-15(7-10-20)21-16(18)19-14/h1-5,11H,6-10H2,(H2,18,19). The van der Waals surface area contributed by atoms with E-state index < -0.39 is 0 Å². The van der Waals surface area contributed by atoms with E-state index in [-0.39, 0.29) is 5.82 Å². The Morgan fingerprint density at radius 3 is 3.05 bits per heavy atom. The highest BCUT2D eigenvalue weighted by atomic mass is 32.1. The van der Waals surface area contributed by atoms with Crippen LogP contribution >= 0.6 is 11.3 Å². The summed E-state index contributed by atoms with van der Waals surface area (Å²) in [4.78, 5) is 8.11. The summed E-state index contributed by atoms with van der Waals surface area (Å²) in [6, 6.07) is 6.65. The van der Waals surface area contributed by atoms with Crippen molar-refractivity contribution in [2.24, 2.45) is 0 Å². The van der Waals surface area contributed by atoms with Crippen molar-refractivity contribution in [1.29, 1.82) is 0 Å². The Morgan fingerprint density at radius 1 is 1.33 bits per heavy atom. The van der Waals surface area contributed by atoms with Gasteiger partial charge in [0, 0.05) is 30.9 Å². The number of nitrogens with two attached hydrogens (primary N) is 1. The van der Waals surface area contributed by atoms with E-state index in [0.29, 0.717) is 5.13 Å². The normalized spacial score (nSPS) is 16.0. The molecule has 1 aliphatic rings. The lowest BCUT2D eigenvalue weighted by Gasteiger charge is -2.17. The summed E-state index contributed by atoms with van der Waals surface area (Å²) in [5.74, 6) is -0.194. The van der Waals surface area contributed by atoms with Crippen LogP contribution < -0.4 is 5.73 Å². The quantitative estimate of drug-likeness (QED) is 0.948. The molecule has 1 aromatic carbocycles. The van der Waals surface area contributed by atoms with E-state index in [4.69, 9.17) is 5.73 Å². The fourth-order valence-corrected chi connectivity index (χ4v) is 3.43. The first-order chi connectivity index (χ1) is 10.2. The van der Waals surface area contributed by atoms with Crippen LogP contribution in [-0.4, -0.2) is 29.5 Å². The third-order valence-electron chi connectivity index (χ3n) is 3.64. The van der Waals surface area contributed by atoms with Crippen molar-refractivity contribution < 1.29 is 4.39 Å². The molecule has 110 valence electrons. The van der Waals surface area contributed by atoms with Crippen molar-refractivity contribution in [3.05, 3.63) is 52.3 Å². The molecule has 2 aromatic rings. The first kappa shape index (κ1) is 14.2. The van der Waals surface area contributed by atoms with E-state index in [9.17, 15) is 4.39 Å². The van der Waals surface area contributed by atoms with Gasteiger partial charge in [0.15, 0.2) is 5.13 Å². The monoisotopic (exact) mass is 303 g/mol. The molecule has 0 saturated carbocycles. The summed E-state index contributed by atoms with van der Waals surface area (Å²) in [6.45, 7) is 2.88. The molecule has 1 aliphatic heterocycles. The van der Waals surface area contributed by atoms with E-state index in [1.165, 1.54) is 10.9 Å². The number of hydrogen-bond donors (Lipinski definition) is 1. The van der Waals surface area contributed by atoms with Gasteiger partial charge < -0.3 is 5.73 Å². The molecular weight excluding hydrogens is 285 g/mol. The molecule has 0 bridgehead atoms. The lowest BCUT2D eigenvalue weighted by atomic mass is 10.2. The average Bonchev–Trinajstić information content (AvgIpc) is 2.71. The van der Waals surface area contributed by atoms with Crippen LogP contribution in [0.1, 0.15) is 16.1 Å². The molecule has 0 unspecified atom stereocenters. The smallest absolute Gasteiger partial charge is 0.180 e. The van der Waals surface area contributed by atoms with E-state index >= 15 is 0 Å². The van der Waals surface area contributed by atoms with Gasteiger partial charge >= 0.3 is 0 Å². The van der Waals surface area contributed by atoms with Gasteiger partial charge in [-0.3, -0.25) is 4.90 Å². The lowest BCUT2D eigenvalue weighted by molar-refractivity contribution is 0.318. The highest BCUT2D eigenvalue weighted by Crippen LogP contribution is 2.24. The van der Waals surface area contributed by atoms with Crippen LogP contribution in [0.15, 0.2) is 30.3 Å². The molecule has 2 N–H and O–H groups in total. The first-order valence-electron chi connectivity index (χ1n) is 7.09. The Morgan fingerprint density at radius 2 is 2.19 bits per heavy atom. The number of hydrogen-bond acceptors (Lipinski definition) is 4. The Bertz CT molecular complexity index is 625. The molecule has 0 spiro atoms. The summed E-state index contributed by atoms with van der Waals surface area (Å²) >= 11 is 1.61. The van der Waals surface area contributed by atoms with Crippen molar-refractivity contribution in [2.75, 3.05) is 25.4 Å². The summed E-state index contributed by atoms with van der Waals surface area (Å²) in [6.07, 6.45) is 6.03. The zero-order valence-electron chi connectivity index (χ0n) is 11.8. The summed E-state index contributed by atoms with van der Waals surface area (Å²) in [5, 5.41) is 0.680. The maximum atomic E-state index is 13.1. The number of aromatic nitrogens is 1. The SMILES string of the molecule is Nc1nc2c(s1)CCN(CC=Cc1cccc(F)c1)CC2. The number of fused-ring (bicyclic) bond motifs is 1. The number of halogens is 1. The predicted octanol–water partition coefficient (Wildman–Crippen LogP) is 2.98. The second-order valence-electron chi connectivity index (χ2n) is 5.18. The van der Waals surface area contributed by atoms with Gasteiger partial charge in [0.05, 0.1) is 5.69 Å². The number of nitrogen functional groups attached to an aromatic ring is 1. The van der Waals surface area contributed by atoms with Gasteiger partial charge in [0.25, 0.3) is 0 Å². The molecule has 0 amide bonds. The van der Waals surface area contributed by atoms with Crippen molar-refractivity contribution in [3.63, 3.8) is 0 Å². The molecule has 0 radical (unpaired) electrons. The number of rotatable bonds is 3. The minimum atomic E-state index is -0.194. The van der Waals surface area contributed by atoms with Gasteiger partial charge in [0.1, 0.15) is 5.82 Å². The van der Waals surface area contributed by atoms with Gasteiger partial charge in [-0.05, 0) is 24.1 Å². The predicted molar refractivity (Wildman–Crippen MR) is 85.8 cm³/mol. The van der Waals surface area contributed by atoms with Gasteiger partial charge in [-0.1, -0.05) is 24.3 Å². The third kappa shape index (κ3) is 3.68. The van der Waals surface area contributed by atoms with Gasteiger partial charge in [-0.2, -0.15) is 0 Å². The fraction of sp³-hybridized carbons (Fsp3) is 0.312. The van der Waals surface area contributed by atoms with Crippen LogP contribution in [0.3, 0.4) is 0 Å². The van der Waals surface area contributed by atoms with E-state index in [1.807, 2.05) is 12.1 Å². The molecule has 0 aliphatic carbocycles. The third-order valence-corrected chi connectivity index (χ3v) is 4.62. The van der Waals surface area contributed by atoms with Crippen molar-refractivity contribution in [3.8, 4) is 0 Å². The molecule has 0 saturated heterocycles. The van der Waals surface area contributed by atoms with Crippen LogP contribution in [0, 0.1) is 5.82 Å². The molecule has 0 atom stereocenters. The van der Waals surface area contributed by atoms with Crippen molar-refractivity contribution in [2.45, 2.75) is 12.8 Å². The summed E-state index contributed by atoms with van der Waals surface area (Å²) < 4.78 is 13.1. The van der Waals surface area contributed by atoms with Crippen molar-refractivity contribution in [1.82, 2.24) is 9.88 Å². The molecule has 5 heteroatoms. The van der Waals surface area contributed by atoms with Crippen LogP contribution in [0.5, 0.6) is 0 Å². The van der Waals surface area contributed by atoms with Crippen LogP contribution in [0.25, 0.3) is 6.08 Å². The molecular formula is C16H18FN3S. The lowest BCUT2D eigenvalue weighted by Crippen LogP contribution is -2.26. The maximum Gasteiger partial charge on any atom is 0.180 e. The van der Waals surface area contributed by atoms with Crippen molar-refractivity contribution >= 4 is 22.5 Å². The second kappa shape index (κ2) is 6.37. The number of nitrogens with zero attached hydrogens (tertiary/aromatic N) is 2. The maximum absolute atomic E-state index is 13.1. The van der Waals surface area contributed by atoms with Gasteiger partial charge in [0.2, 0.25) is 0 Å². The number of anilines is 1. The molecule has 3 nitrogen and oxygen atoms in total. The van der Waals surface area contributed by atoms with E-state index in [0.717, 1.165) is 43.7 Å². The summed E-state index contributed by atoms with van der Waals surface area (Å²) in [5.41, 5.74) is 7.82. The Hall–Kier alpha value is -1.72. The Labute approximate surface area is 127 Å². The molecule has 21 heavy (non-hydrogen) atoms.